The number of rotatable bonds is 2. The normalized spacial score (nSPS) is 16.5. The van der Waals surface area contributed by atoms with E-state index in [2.05, 4.69) is 24.1 Å². The standard InChI is InChI=1S/C3H7NO2S.C3H4S2/c4-2(1-7)3(5)6;1-2-4-5-3-1/h2,7H,1,4H2,(H,5,6);1-2H,3H2. The van der Waals surface area contributed by atoms with E-state index in [1.807, 2.05) is 21.6 Å². The van der Waals surface area contributed by atoms with E-state index in [1.165, 1.54) is 5.75 Å². The molecule has 0 bridgehead atoms. The van der Waals surface area contributed by atoms with E-state index in [0.717, 1.165) is 0 Å². The van der Waals surface area contributed by atoms with Gasteiger partial charge in [0.15, 0.2) is 0 Å². The number of hydrogen-bond donors (Lipinski definition) is 3. The van der Waals surface area contributed by atoms with Crippen LogP contribution < -0.4 is 5.73 Å². The maximum Gasteiger partial charge on any atom is 0.321 e. The van der Waals surface area contributed by atoms with Gasteiger partial charge in [0.1, 0.15) is 6.04 Å². The van der Waals surface area contributed by atoms with Crippen LogP contribution in [0.5, 0.6) is 0 Å². The monoisotopic (exact) mass is 225 g/mol. The number of carboxylic acids is 1. The summed E-state index contributed by atoms with van der Waals surface area (Å²) in [5.74, 6) is 0.384. The van der Waals surface area contributed by atoms with Gasteiger partial charge < -0.3 is 10.8 Å². The highest BCUT2D eigenvalue weighted by atomic mass is 33.1. The van der Waals surface area contributed by atoms with Crippen LogP contribution in [-0.4, -0.2) is 28.6 Å². The van der Waals surface area contributed by atoms with Crippen LogP contribution in [0.1, 0.15) is 0 Å². The molecule has 0 amide bonds. The largest absolute Gasteiger partial charge is 0.480 e. The average Bonchev–Trinajstić information content (AvgIpc) is 2.59. The molecule has 0 aromatic heterocycles. The predicted molar refractivity (Wildman–Crippen MR) is 58.7 cm³/mol. The molecule has 0 aliphatic carbocycles. The molecule has 0 aromatic rings. The van der Waals surface area contributed by atoms with Gasteiger partial charge in [-0.05, 0) is 5.41 Å². The predicted octanol–water partition coefficient (Wildman–Crippen LogP) is 1.22. The van der Waals surface area contributed by atoms with E-state index in [-0.39, 0.29) is 5.75 Å². The average molecular weight is 225 g/mol. The van der Waals surface area contributed by atoms with Crippen molar-refractivity contribution in [3.63, 3.8) is 0 Å². The Kier molecular flexibility index (Phi) is 7.99. The van der Waals surface area contributed by atoms with Crippen molar-refractivity contribution in [2.45, 2.75) is 6.04 Å². The Morgan fingerprint density at radius 3 is 2.58 bits per heavy atom. The Labute approximate surface area is 85.0 Å². The van der Waals surface area contributed by atoms with Crippen LogP contribution in [0.4, 0.5) is 0 Å². The number of carboxylic acid groups (broad SMARTS) is 1. The minimum Gasteiger partial charge on any atom is -0.480 e. The number of thiol groups is 1. The molecule has 3 nitrogen and oxygen atoms in total. The molecular formula is C6H11NO2S3. The fraction of sp³-hybridized carbons (Fsp3) is 0.500. The van der Waals surface area contributed by atoms with Crippen LogP contribution in [0.25, 0.3) is 0 Å². The molecule has 0 aromatic carbocycles. The van der Waals surface area contributed by atoms with Crippen LogP contribution in [0, 0.1) is 0 Å². The second-order valence-corrected chi connectivity index (χ2v) is 4.56. The van der Waals surface area contributed by atoms with Crippen molar-refractivity contribution in [1.82, 2.24) is 0 Å². The smallest absolute Gasteiger partial charge is 0.321 e. The molecule has 12 heavy (non-hydrogen) atoms. The van der Waals surface area contributed by atoms with Crippen molar-refractivity contribution in [2.24, 2.45) is 5.73 Å². The molecule has 0 spiro atoms. The Bertz CT molecular complexity index is 157. The first-order valence-electron chi connectivity index (χ1n) is 3.21. The zero-order valence-corrected chi connectivity index (χ0v) is 8.87. The van der Waals surface area contributed by atoms with Gasteiger partial charge in [0, 0.05) is 11.5 Å². The highest BCUT2D eigenvalue weighted by molar-refractivity contribution is 8.78. The van der Waals surface area contributed by atoms with Gasteiger partial charge in [0.05, 0.1) is 0 Å². The maximum absolute atomic E-state index is 9.76. The molecule has 1 aliphatic heterocycles. The van der Waals surface area contributed by atoms with Crippen molar-refractivity contribution in [2.75, 3.05) is 11.5 Å². The molecule has 0 fully saturated rings. The number of hydrogen-bond acceptors (Lipinski definition) is 5. The molecule has 1 heterocycles. The van der Waals surface area contributed by atoms with Gasteiger partial charge in [-0.2, -0.15) is 12.6 Å². The van der Waals surface area contributed by atoms with Gasteiger partial charge in [0.25, 0.3) is 0 Å². The summed E-state index contributed by atoms with van der Waals surface area (Å²) in [6, 6.07) is -0.816. The van der Waals surface area contributed by atoms with Crippen molar-refractivity contribution in [3.05, 3.63) is 11.5 Å². The van der Waals surface area contributed by atoms with Gasteiger partial charge in [-0.25, -0.2) is 0 Å². The summed E-state index contributed by atoms with van der Waals surface area (Å²) >= 11 is 3.65. The Morgan fingerprint density at radius 1 is 1.83 bits per heavy atom. The molecule has 1 aliphatic rings. The Morgan fingerprint density at radius 2 is 2.50 bits per heavy atom. The zero-order chi connectivity index (χ0) is 9.40. The van der Waals surface area contributed by atoms with Gasteiger partial charge in [-0.1, -0.05) is 27.7 Å². The molecule has 0 radical (unpaired) electrons. The number of carbonyl (C=O) groups is 1. The molecule has 70 valence electrons. The first kappa shape index (κ1) is 12.2. The number of nitrogens with two attached hydrogens (primary N) is 1. The van der Waals surface area contributed by atoms with Crippen molar-refractivity contribution >= 4 is 40.2 Å². The van der Waals surface area contributed by atoms with E-state index < -0.39 is 12.0 Å². The topological polar surface area (TPSA) is 63.3 Å². The highest BCUT2D eigenvalue weighted by Gasteiger charge is 2.06. The third kappa shape index (κ3) is 6.90. The van der Waals surface area contributed by atoms with Crippen LogP contribution >= 0.6 is 34.2 Å². The lowest BCUT2D eigenvalue weighted by molar-refractivity contribution is -0.137. The third-order valence-corrected chi connectivity index (χ3v) is 3.21. The minimum absolute atomic E-state index is 0.190. The van der Waals surface area contributed by atoms with Gasteiger partial charge in [-0.15, -0.1) is 0 Å². The van der Waals surface area contributed by atoms with E-state index >= 15 is 0 Å². The zero-order valence-electron chi connectivity index (χ0n) is 6.34. The van der Waals surface area contributed by atoms with Crippen molar-refractivity contribution in [3.8, 4) is 0 Å². The Hall–Kier alpha value is 0.220. The van der Waals surface area contributed by atoms with E-state index in [4.69, 9.17) is 10.8 Å². The summed E-state index contributed by atoms with van der Waals surface area (Å²) in [4.78, 5) is 9.76. The van der Waals surface area contributed by atoms with Crippen LogP contribution in [0.2, 0.25) is 0 Å². The van der Waals surface area contributed by atoms with E-state index in [0.29, 0.717) is 0 Å². The third-order valence-electron chi connectivity index (χ3n) is 0.898. The van der Waals surface area contributed by atoms with Gasteiger partial charge >= 0.3 is 5.97 Å². The first-order chi connectivity index (χ1) is 5.68. The van der Waals surface area contributed by atoms with Gasteiger partial charge in [-0.3, -0.25) is 4.79 Å². The summed E-state index contributed by atoms with van der Waals surface area (Å²) < 4.78 is 0. The lowest BCUT2D eigenvalue weighted by Crippen LogP contribution is -2.31. The highest BCUT2D eigenvalue weighted by Crippen LogP contribution is 2.27. The summed E-state index contributed by atoms with van der Waals surface area (Å²) in [6.07, 6.45) is 2.16. The van der Waals surface area contributed by atoms with E-state index in [9.17, 15) is 4.79 Å². The maximum atomic E-state index is 9.76. The molecule has 0 saturated heterocycles. The summed E-state index contributed by atoms with van der Waals surface area (Å²) in [6.45, 7) is 0. The van der Waals surface area contributed by atoms with Crippen molar-refractivity contribution in [1.29, 1.82) is 0 Å². The second kappa shape index (κ2) is 7.85. The second-order valence-electron chi connectivity index (χ2n) is 1.88. The summed E-state index contributed by atoms with van der Waals surface area (Å²) in [5, 5.41) is 10.1. The molecule has 1 atom stereocenters. The summed E-state index contributed by atoms with van der Waals surface area (Å²) in [7, 11) is 3.69. The lowest BCUT2D eigenvalue weighted by Gasteiger charge is -1.96. The molecule has 1 unspecified atom stereocenters. The molecule has 0 saturated carbocycles. The molecular weight excluding hydrogens is 214 g/mol. The van der Waals surface area contributed by atoms with Gasteiger partial charge in [0.2, 0.25) is 0 Å². The fourth-order valence-corrected chi connectivity index (χ4v) is 2.00. The van der Waals surface area contributed by atoms with Crippen molar-refractivity contribution < 1.29 is 9.90 Å². The first-order valence-corrected chi connectivity index (χ1v) is 6.22. The lowest BCUT2D eigenvalue weighted by atomic mass is 10.4. The SMILES string of the molecule is C1=CSSC1.NC(CS)C(=O)O. The Balaban J connectivity index is 0.000000211. The van der Waals surface area contributed by atoms with Crippen LogP contribution in [0.3, 0.4) is 0 Å². The van der Waals surface area contributed by atoms with E-state index in [1.54, 1.807) is 0 Å². The van der Waals surface area contributed by atoms with Crippen LogP contribution in [0.15, 0.2) is 11.5 Å². The fourth-order valence-electron chi connectivity index (χ4n) is 0.275. The molecule has 3 N–H and O–H groups in total. The molecule has 1 rings (SSSR count). The van der Waals surface area contributed by atoms with Crippen LogP contribution in [-0.2, 0) is 4.79 Å². The number of aliphatic carboxylic acids is 1. The quantitative estimate of drug-likeness (QED) is 0.487. The molecule has 6 heteroatoms. The summed E-state index contributed by atoms with van der Waals surface area (Å²) in [5.41, 5.74) is 4.94. The minimum atomic E-state index is -1.00.